The summed E-state index contributed by atoms with van der Waals surface area (Å²) in [6.07, 6.45) is 10.4. The van der Waals surface area contributed by atoms with Gasteiger partial charge in [0.1, 0.15) is 0 Å². The maximum Gasteiger partial charge on any atom is 0.0890 e. The Morgan fingerprint density at radius 1 is 0.889 bits per heavy atom. The molecule has 108 valence electrons. The van der Waals surface area contributed by atoms with Crippen molar-refractivity contribution in [1.29, 1.82) is 0 Å². The molecule has 2 atom stereocenters. The summed E-state index contributed by atoms with van der Waals surface area (Å²) in [4.78, 5) is 0. The number of piperidine rings is 1. The molecule has 2 heteroatoms. The highest BCUT2D eigenvalue weighted by Crippen LogP contribution is 2.38. The average Bonchev–Trinajstić information content (AvgIpc) is 2.92. The maximum absolute atomic E-state index is 2.45. The Hall–Kier alpha value is 0.690. The molecule has 0 aromatic carbocycles. The van der Waals surface area contributed by atoms with E-state index in [1.165, 1.54) is 69.1 Å². The second-order valence-corrected chi connectivity index (χ2v) is 6.62. The van der Waals surface area contributed by atoms with Crippen LogP contribution < -0.4 is 24.0 Å². The molecular weight excluding hydrogens is 333 g/mol. The standard InChI is InChI=1S/C16H32N.HI/c1-4-14-11-15(5-2)13-17(6-3,12-14)16-9-7-8-10-16;/h14-16H,4-13H2,1-3H3;1H/q+1;/p-1. The van der Waals surface area contributed by atoms with Gasteiger partial charge in [-0.3, -0.25) is 0 Å². The van der Waals surface area contributed by atoms with E-state index >= 15 is 0 Å². The van der Waals surface area contributed by atoms with Crippen molar-refractivity contribution in [2.75, 3.05) is 19.6 Å². The van der Waals surface area contributed by atoms with Gasteiger partial charge in [0.2, 0.25) is 0 Å². The Kier molecular flexibility index (Phi) is 6.95. The van der Waals surface area contributed by atoms with Crippen molar-refractivity contribution >= 4 is 0 Å². The topological polar surface area (TPSA) is 0 Å². The highest BCUT2D eigenvalue weighted by Gasteiger charge is 2.43. The van der Waals surface area contributed by atoms with Gasteiger partial charge in [0.05, 0.1) is 25.7 Å². The fraction of sp³-hybridized carbons (Fsp3) is 1.00. The molecule has 2 fully saturated rings. The third-order valence-electron chi connectivity index (χ3n) is 5.79. The first-order valence-corrected chi connectivity index (χ1v) is 8.09. The van der Waals surface area contributed by atoms with Crippen LogP contribution in [0.2, 0.25) is 0 Å². The van der Waals surface area contributed by atoms with Crippen LogP contribution in [0.4, 0.5) is 0 Å². The van der Waals surface area contributed by atoms with Crippen molar-refractivity contribution in [2.45, 2.75) is 71.8 Å². The Labute approximate surface area is 131 Å². The highest BCUT2D eigenvalue weighted by molar-refractivity contribution is 4.77. The van der Waals surface area contributed by atoms with Gasteiger partial charge in [0.15, 0.2) is 0 Å². The summed E-state index contributed by atoms with van der Waals surface area (Å²) in [5, 5.41) is 0. The second-order valence-electron chi connectivity index (χ2n) is 6.62. The van der Waals surface area contributed by atoms with Crippen molar-refractivity contribution in [2.24, 2.45) is 11.8 Å². The van der Waals surface area contributed by atoms with Gasteiger partial charge < -0.3 is 28.5 Å². The maximum atomic E-state index is 2.45. The van der Waals surface area contributed by atoms with Crippen LogP contribution in [0.15, 0.2) is 0 Å². The summed E-state index contributed by atoms with van der Waals surface area (Å²) >= 11 is 0. The highest BCUT2D eigenvalue weighted by atomic mass is 127. The summed E-state index contributed by atoms with van der Waals surface area (Å²) in [6.45, 7) is 11.6. The fourth-order valence-electron chi connectivity index (χ4n) is 4.58. The van der Waals surface area contributed by atoms with Crippen LogP contribution in [0, 0.1) is 11.8 Å². The van der Waals surface area contributed by atoms with E-state index in [4.69, 9.17) is 0 Å². The lowest BCUT2D eigenvalue weighted by Gasteiger charge is -2.50. The van der Waals surface area contributed by atoms with Gasteiger partial charge in [-0.05, 0) is 51.9 Å². The first kappa shape index (κ1) is 16.7. The van der Waals surface area contributed by atoms with Gasteiger partial charge in [-0.1, -0.05) is 13.8 Å². The molecule has 1 aliphatic carbocycles. The van der Waals surface area contributed by atoms with Gasteiger partial charge in [-0.25, -0.2) is 0 Å². The van der Waals surface area contributed by atoms with E-state index in [0.29, 0.717) is 0 Å². The minimum atomic E-state index is 0. The normalized spacial score (nSPS) is 37.5. The number of hydrogen-bond acceptors (Lipinski definition) is 0. The fourth-order valence-corrected chi connectivity index (χ4v) is 4.58. The minimum Gasteiger partial charge on any atom is -1.00 e. The number of hydrogen-bond donors (Lipinski definition) is 0. The number of likely N-dealkylation sites (tertiary alicyclic amines) is 1. The lowest BCUT2D eigenvalue weighted by molar-refractivity contribution is -0.959. The van der Waals surface area contributed by atoms with Gasteiger partial charge in [0, 0.05) is 11.8 Å². The quantitative estimate of drug-likeness (QED) is 0.519. The minimum absolute atomic E-state index is 0. The summed E-state index contributed by atoms with van der Waals surface area (Å²) in [6, 6.07) is 1.02. The molecule has 2 rings (SSSR count). The Bertz CT molecular complexity index is 223. The van der Waals surface area contributed by atoms with E-state index in [1.54, 1.807) is 0 Å². The number of rotatable bonds is 4. The molecule has 0 aromatic heterocycles. The van der Waals surface area contributed by atoms with Crippen molar-refractivity contribution in [1.82, 2.24) is 0 Å². The SMILES string of the molecule is CCC1CC(CC)C[N+](CC)(C2CCCC2)C1.[I-]. The van der Waals surface area contributed by atoms with E-state index in [1.807, 2.05) is 0 Å². The molecule has 0 N–H and O–H groups in total. The molecule has 0 spiro atoms. The first-order chi connectivity index (χ1) is 8.24. The Balaban J connectivity index is 0.00000162. The van der Waals surface area contributed by atoms with Crippen molar-refractivity contribution in [3.8, 4) is 0 Å². The van der Waals surface area contributed by atoms with Crippen LogP contribution in [0.25, 0.3) is 0 Å². The smallest absolute Gasteiger partial charge is 0.0890 e. The lowest BCUT2D eigenvalue weighted by Crippen LogP contribution is -3.00. The van der Waals surface area contributed by atoms with Gasteiger partial charge in [-0.15, -0.1) is 0 Å². The molecule has 2 unspecified atom stereocenters. The van der Waals surface area contributed by atoms with E-state index in [-0.39, 0.29) is 24.0 Å². The lowest BCUT2D eigenvalue weighted by atomic mass is 9.83. The third-order valence-corrected chi connectivity index (χ3v) is 5.79. The van der Waals surface area contributed by atoms with Gasteiger partial charge in [0.25, 0.3) is 0 Å². The van der Waals surface area contributed by atoms with E-state index in [0.717, 1.165) is 17.9 Å². The monoisotopic (exact) mass is 365 g/mol. The number of quaternary nitrogens is 1. The molecule has 0 radical (unpaired) electrons. The Morgan fingerprint density at radius 3 is 1.78 bits per heavy atom. The molecule has 2 aliphatic rings. The summed E-state index contributed by atoms with van der Waals surface area (Å²) in [5.41, 5.74) is 0. The van der Waals surface area contributed by atoms with Gasteiger partial charge >= 0.3 is 0 Å². The zero-order valence-corrected chi connectivity index (χ0v) is 14.8. The molecule has 18 heavy (non-hydrogen) atoms. The number of nitrogens with zero attached hydrogens (tertiary/aromatic N) is 1. The predicted octanol–water partition coefficient (Wildman–Crippen LogP) is 1.23. The summed E-state index contributed by atoms with van der Waals surface area (Å²) in [5.74, 6) is 2.02. The molecule has 1 saturated heterocycles. The number of halogens is 1. The Morgan fingerprint density at radius 2 is 1.39 bits per heavy atom. The van der Waals surface area contributed by atoms with Crippen LogP contribution in [0.1, 0.15) is 65.7 Å². The van der Waals surface area contributed by atoms with Crippen molar-refractivity contribution < 1.29 is 28.5 Å². The molecule has 0 bridgehead atoms. The molecular formula is C16H32IN. The van der Waals surface area contributed by atoms with Crippen LogP contribution in [-0.4, -0.2) is 30.2 Å². The molecule has 0 aromatic rings. The molecule has 0 amide bonds. The largest absolute Gasteiger partial charge is 1.00 e. The van der Waals surface area contributed by atoms with Crippen molar-refractivity contribution in [3.05, 3.63) is 0 Å². The van der Waals surface area contributed by atoms with Crippen LogP contribution in [-0.2, 0) is 0 Å². The third kappa shape index (κ3) is 3.41. The zero-order chi connectivity index (χ0) is 12.3. The molecule has 1 heterocycles. The molecule has 1 nitrogen and oxygen atoms in total. The second kappa shape index (κ2) is 7.47. The molecule has 1 saturated carbocycles. The van der Waals surface area contributed by atoms with E-state index < -0.39 is 0 Å². The van der Waals surface area contributed by atoms with Crippen LogP contribution >= 0.6 is 0 Å². The van der Waals surface area contributed by atoms with E-state index in [9.17, 15) is 0 Å². The van der Waals surface area contributed by atoms with E-state index in [2.05, 4.69) is 20.8 Å². The molecule has 1 aliphatic heterocycles. The van der Waals surface area contributed by atoms with Crippen LogP contribution in [0.5, 0.6) is 0 Å². The van der Waals surface area contributed by atoms with Crippen LogP contribution in [0.3, 0.4) is 0 Å². The zero-order valence-electron chi connectivity index (χ0n) is 12.6. The van der Waals surface area contributed by atoms with Crippen molar-refractivity contribution in [3.63, 3.8) is 0 Å². The predicted molar refractivity (Wildman–Crippen MR) is 75.0 cm³/mol. The first-order valence-electron chi connectivity index (χ1n) is 8.09. The average molecular weight is 365 g/mol. The van der Waals surface area contributed by atoms with Gasteiger partial charge in [-0.2, -0.15) is 0 Å². The summed E-state index contributed by atoms with van der Waals surface area (Å²) < 4.78 is 1.48. The summed E-state index contributed by atoms with van der Waals surface area (Å²) in [7, 11) is 0.